The number of aromatic carboxylic acids is 2. The van der Waals surface area contributed by atoms with Crippen LogP contribution in [0.15, 0.2) is 48.5 Å². The molecule has 2 rings (SSSR count). The van der Waals surface area contributed by atoms with E-state index in [-0.39, 0.29) is 248 Å². The molecule has 0 aliphatic carbocycles. The van der Waals surface area contributed by atoms with Gasteiger partial charge in [0.15, 0.2) is 11.6 Å². The Hall–Kier alpha value is -9.27. The van der Waals surface area contributed by atoms with Gasteiger partial charge in [-0.1, -0.05) is 58.3 Å². The van der Waals surface area contributed by atoms with Crippen LogP contribution in [0.3, 0.4) is 0 Å². The molecule has 122 heavy (non-hydrogen) atoms. The van der Waals surface area contributed by atoms with Crippen LogP contribution < -0.4 is 47.1 Å². The van der Waals surface area contributed by atoms with Crippen LogP contribution in [-0.4, -0.2) is 271 Å². The number of carboxylic acid groups (broad SMARTS) is 4. The highest BCUT2D eigenvalue weighted by Crippen LogP contribution is 2.20. The summed E-state index contributed by atoms with van der Waals surface area (Å²) in [5.41, 5.74) is 5.25. The Kier molecular flexibility index (Phi) is 64.6. The number of Topliss-reactive ketones (excluding diaryl/α,β-unsaturated/α-hetero) is 5. The van der Waals surface area contributed by atoms with Gasteiger partial charge in [0.2, 0.25) is 35.4 Å². The summed E-state index contributed by atoms with van der Waals surface area (Å²) in [6.45, 7) is 13.1. The first-order valence-electron chi connectivity index (χ1n) is 42.4. The van der Waals surface area contributed by atoms with Crippen LogP contribution in [0.1, 0.15) is 232 Å². The second-order valence-electron chi connectivity index (χ2n) is 29.9. The van der Waals surface area contributed by atoms with Crippen molar-refractivity contribution in [2.75, 3.05) is 145 Å². The molecule has 0 saturated carbocycles. The van der Waals surface area contributed by atoms with Gasteiger partial charge in [-0.2, -0.15) is 0 Å². The molecule has 0 spiro atoms. The van der Waals surface area contributed by atoms with Crippen LogP contribution in [0.2, 0.25) is 0 Å². The molecule has 2 aromatic carbocycles. The summed E-state index contributed by atoms with van der Waals surface area (Å²) < 4.78 is 54.1. The van der Waals surface area contributed by atoms with Crippen molar-refractivity contribution >= 4 is 88.2 Å². The maximum atomic E-state index is 12.3. The van der Waals surface area contributed by atoms with Crippen LogP contribution in [0, 0.1) is 11.8 Å². The van der Waals surface area contributed by atoms with E-state index in [9.17, 15) is 82.1 Å². The zero-order valence-corrected chi connectivity index (χ0v) is 72.1. The standard InChI is InChI=1S/C45H72N4O15.C41H65N3O14.2H2/c1-33(50)35(30-39(52)45(2,3)46)12-8-9-21-47-42(55)32-63-29-26-60-23-11-13-36(51)31-62-28-27-61-25-22-48-40(53)20-19-38(44(58)59)49-41(54)14-7-5-4-6-10-24-64-37-17-15-34(16-18-37)43(56)57;1-31(32(2)45)11-7-8-20-42-38(48)29-57-28-26-55-24-21-43-39(49)30-56-27-25-54-22-10-12-34(46)16-19-36(41(52)53)44-37(47)13-6-4-3-5-9-23-58-35-17-14-33(15-18-35)40(50)51;;/h15-18,35,38H,4-14,19-32,46H2,1-3H3,(H,47,55)(H,48,53)(H,49,54)(H,56,57)(H,58,59);14-15,17-18,31,36H,3-13,16,19-30H2,1-2H3,(H,42,48)(H,43,49)(H,44,47)(H,50,51)(H,52,53);2*1H/t35-,38+;31-,36-;;/m10../s1. The summed E-state index contributed by atoms with van der Waals surface area (Å²) in [5, 5.41) is 52.7. The molecular weight excluding hydrogens is 1590 g/mol. The second-order valence-corrected chi connectivity index (χ2v) is 29.9. The van der Waals surface area contributed by atoms with Crippen molar-refractivity contribution in [3.63, 3.8) is 0 Å². The Labute approximate surface area is 719 Å². The van der Waals surface area contributed by atoms with Gasteiger partial charge in [-0.3, -0.25) is 52.7 Å². The highest BCUT2D eigenvalue weighted by atomic mass is 16.5. The Bertz CT molecular complexity index is 3370. The van der Waals surface area contributed by atoms with Crippen LogP contribution in [0.25, 0.3) is 0 Å². The number of carbonyl (C=O) groups excluding carboxylic acids is 11. The van der Waals surface area contributed by atoms with Gasteiger partial charge in [-0.05, 0) is 153 Å². The Morgan fingerprint density at radius 3 is 1.13 bits per heavy atom. The van der Waals surface area contributed by atoms with Crippen molar-refractivity contribution in [2.45, 2.75) is 226 Å². The number of ether oxygens (including phenoxy) is 10. The van der Waals surface area contributed by atoms with Crippen molar-refractivity contribution in [1.29, 1.82) is 0 Å². The van der Waals surface area contributed by atoms with E-state index < -0.39 is 47.4 Å². The number of unbranched alkanes of at least 4 members (excludes halogenated alkanes) is 10. The van der Waals surface area contributed by atoms with E-state index in [1.165, 1.54) is 31.2 Å². The van der Waals surface area contributed by atoms with Gasteiger partial charge in [0, 0.05) is 99.0 Å². The molecule has 0 aliphatic heterocycles. The van der Waals surface area contributed by atoms with Gasteiger partial charge in [0.05, 0.1) is 95.9 Å². The number of carbonyl (C=O) groups is 15. The van der Waals surface area contributed by atoms with E-state index in [0.29, 0.717) is 96.0 Å². The first kappa shape index (κ1) is 111. The molecule has 4 atom stereocenters. The lowest BCUT2D eigenvalue weighted by Crippen LogP contribution is -2.42. The highest BCUT2D eigenvalue weighted by molar-refractivity contribution is 5.92. The van der Waals surface area contributed by atoms with E-state index in [1.54, 1.807) is 45.0 Å². The smallest absolute Gasteiger partial charge is 0.335 e. The largest absolute Gasteiger partial charge is 0.494 e. The molecule has 6 amide bonds. The van der Waals surface area contributed by atoms with Crippen molar-refractivity contribution in [1.82, 2.24) is 31.9 Å². The number of hydrogen-bond acceptors (Lipinski definition) is 26. The number of ketones is 5. The molecule has 0 radical (unpaired) electrons. The minimum absolute atomic E-state index is 0. The number of benzene rings is 2. The molecule has 0 unspecified atom stereocenters. The number of amides is 6. The van der Waals surface area contributed by atoms with E-state index in [0.717, 1.165) is 70.6 Å². The van der Waals surface area contributed by atoms with Crippen LogP contribution in [0.4, 0.5) is 0 Å². The SMILES string of the molecule is CC(=O)[C@@H](C)CCCCNC(=O)COCCOCCNC(=O)COCCOCCCC(=O)CC[C@H](NC(=O)CCCCCCCOc1ccc(C(=O)O)cc1)C(=O)O.CC(=O)[C@H](CCCCNC(=O)COCCOCCCC(=O)COCCOCCNC(=O)CC[C@H](NC(=O)CCCCCCCOc1ccc(C(=O)O)cc1)C(=O)O)CC(=O)C(C)(C)N.[HH].[HH]. The van der Waals surface area contributed by atoms with Crippen molar-refractivity contribution < 1.29 is 143 Å². The van der Waals surface area contributed by atoms with Gasteiger partial charge < -0.3 is 105 Å². The third kappa shape index (κ3) is 63.7. The maximum absolute atomic E-state index is 12.3. The summed E-state index contributed by atoms with van der Waals surface area (Å²) >= 11 is 0. The molecule has 0 bridgehead atoms. The number of rotatable bonds is 79. The fraction of sp³-hybridized carbons (Fsp3) is 0.686. The second kappa shape index (κ2) is 71.2. The molecule has 694 valence electrons. The zero-order valence-electron chi connectivity index (χ0n) is 72.1. The molecule has 36 nitrogen and oxygen atoms in total. The molecule has 2 aromatic rings. The van der Waals surface area contributed by atoms with Crippen molar-refractivity contribution in [3.8, 4) is 11.5 Å². The average Bonchev–Trinajstić information content (AvgIpc) is 0.885. The van der Waals surface area contributed by atoms with E-state index in [2.05, 4.69) is 31.9 Å². The summed E-state index contributed by atoms with van der Waals surface area (Å²) in [6, 6.07) is 10.1. The molecular formula is C86H141N7O29. The van der Waals surface area contributed by atoms with Crippen LogP contribution in [0.5, 0.6) is 11.5 Å². The van der Waals surface area contributed by atoms with E-state index >= 15 is 0 Å². The van der Waals surface area contributed by atoms with Gasteiger partial charge in [-0.15, -0.1) is 0 Å². The third-order valence-corrected chi connectivity index (χ3v) is 18.7. The minimum Gasteiger partial charge on any atom is -0.494 e. The average molecular weight is 1740 g/mol. The van der Waals surface area contributed by atoms with Gasteiger partial charge in [0.1, 0.15) is 67.4 Å². The maximum Gasteiger partial charge on any atom is 0.335 e. The molecule has 0 heterocycles. The minimum atomic E-state index is -1.22. The fourth-order valence-corrected chi connectivity index (χ4v) is 11.2. The highest BCUT2D eigenvalue weighted by Gasteiger charge is 2.28. The quantitative estimate of drug-likeness (QED) is 0.0292. The molecule has 0 saturated heterocycles. The monoisotopic (exact) mass is 1740 g/mol. The lowest BCUT2D eigenvalue weighted by atomic mass is 9.87. The third-order valence-electron chi connectivity index (χ3n) is 18.7. The zero-order chi connectivity index (χ0) is 90.4. The topological polar surface area (TPSA) is 527 Å². The summed E-state index contributed by atoms with van der Waals surface area (Å²) in [5.74, 6) is -5.69. The molecule has 36 heteroatoms. The predicted molar refractivity (Wildman–Crippen MR) is 452 cm³/mol. The van der Waals surface area contributed by atoms with Crippen molar-refractivity contribution in [2.24, 2.45) is 17.6 Å². The number of carboxylic acids is 4. The number of nitrogens with one attached hydrogen (secondary N) is 6. The Morgan fingerprint density at radius 1 is 0.352 bits per heavy atom. The van der Waals surface area contributed by atoms with E-state index in [4.69, 9.17) is 63.3 Å². The number of nitrogens with two attached hydrogens (primary N) is 1. The lowest BCUT2D eigenvalue weighted by Gasteiger charge is -2.20. The molecule has 0 aliphatic rings. The molecule has 0 fully saturated rings. The summed E-state index contributed by atoms with van der Waals surface area (Å²) in [7, 11) is 0. The van der Waals surface area contributed by atoms with Crippen LogP contribution in [-0.2, 0) is 100 Å². The van der Waals surface area contributed by atoms with Gasteiger partial charge in [0.25, 0.3) is 0 Å². The summed E-state index contributed by atoms with van der Waals surface area (Å²) in [6.07, 6.45) is 14.1. The first-order chi connectivity index (χ1) is 58.4. The number of hydrogen-bond donors (Lipinski definition) is 11. The fourth-order valence-electron chi connectivity index (χ4n) is 11.2. The van der Waals surface area contributed by atoms with E-state index in [1.807, 2.05) is 6.92 Å². The molecule has 12 N–H and O–H groups in total. The normalized spacial score (nSPS) is 12.1. The Balaban J connectivity index is 0. The Morgan fingerprint density at radius 2 is 0.721 bits per heavy atom. The lowest BCUT2D eigenvalue weighted by molar-refractivity contribution is -0.142. The predicted octanol–water partition coefficient (Wildman–Crippen LogP) is 7.16. The summed E-state index contributed by atoms with van der Waals surface area (Å²) in [4.78, 5) is 177. The number of aliphatic carboxylic acids is 2. The first-order valence-corrected chi connectivity index (χ1v) is 42.4. The molecule has 0 aromatic heterocycles. The van der Waals surface area contributed by atoms with Crippen molar-refractivity contribution in [3.05, 3.63) is 59.7 Å². The van der Waals surface area contributed by atoms with Gasteiger partial charge in [-0.25, -0.2) is 19.2 Å². The van der Waals surface area contributed by atoms with Crippen LogP contribution >= 0.6 is 0 Å². The van der Waals surface area contributed by atoms with Gasteiger partial charge >= 0.3 is 23.9 Å².